The molecule has 1 aliphatic heterocycles. The number of hydrogen-bond donors (Lipinski definition) is 0. The zero-order valence-electron chi connectivity index (χ0n) is 16.3. The van der Waals surface area contributed by atoms with E-state index in [0.29, 0.717) is 12.3 Å². The lowest BCUT2D eigenvalue weighted by molar-refractivity contribution is -0.137. The molecule has 0 radical (unpaired) electrons. The van der Waals surface area contributed by atoms with Crippen LogP contribution in [0.25, 0.3) is 0 Å². The third-order valence-corrected chi connectivity index (χ3v) is 5.31. The second-order valence-electron chi connectivity index (χ2n) is 7.44. The monoisotopic (exact) mass is 353 g/mol. The Morgan fingerprint density at radius 2 is 1.58 bits per heavy atom. The van der Waals surface area contributed by atoms with Crippen LogP contribution in [0, 0.1) is 6.92 Å². The largest absolute Gasteiger partial charge is 0.493 e. The number of nitrogens with zero attached hydrogens (tertiary/aromatic N) is 1. The molecule has 2 aromatic carbocycles. The molecule has 2 aromatic rings. The van der Waals surface area contributed by atoms with E-state index in [4.69, 9.17) is 9.47 Å². The minimum absolute atomic E-state index is 0.154. The first-order valence-corrected chi connectivity index (χ1v) is 8.97. The quantitative estimate of drug-likeness (QED) is 0.837. The van der Waals surface area contributed by atoms with E-state index in [1.54, 1.807) is 14.2 Å². The fourth-order valence-electron chi connectivity index (χ4n) is 3.55. The van der Waals surface area contributed by atoms with Crippen molar-refractivity contribution in [1.29, 1.82) is 0 Å². The molecule has 4 heteroatoms. The number of carbonyl (C=O) groups is 1. The first-order chi connectivity index (χ1) is 12.4. The highest BCUT2D eigenvalue weighted by molar-refractivity contribution is 5.87. The molecule has 3 rings (SSSR count). The molecule has 0 spiro atoms. The highest BCUT2D eigenvalue weighted by Gasteiger charge is 2.35. The molecule has 0 bridgehead atoms. The van der Waals surface area contributed by atoms with E-state index in [1.807, 2.05) is 30.9 Å². The van der Waals surface area contributed by atoms with Gasteiger partial charge < -0.3 is 14.4 Å². The second kappa shape index (κ2) is 7.02. The van der Waals surface area contributed by atoms with Crippen LogP contribution in [0.15, 0.2) is 36.4 Å². The Kier molecular flexibility index (Phi) is 4.94. The molecule has 138 valence electrons. The van der Waals surface area contributed by atoms with Crippen molar-refractivity contribution in [2.45, 2.75) is 39.2 Å². The molecule has 1 heterocycles. The van der Waals surface area contributed by atoms with Gasteiger partial charge >= 0.3 is 0 Å². The molecular weight excluding hydrogens is 326 g/mol. The summed E-state index contributed by atoms with van der Waals surface area (Å²) in [6.07, 6.45) is 0.825. The van der Waals surface area contributed by atoms with Gasteiger partial charge in [0.15, 0.2) is 11.5 Å². The van der Waals surface area contributed by atoms with Crippen molar-refractivity contribution in [2.75, 3.05) is 20.8 Å². The van der Waals surface area contributed by atoms with Crippen LogP contribution in [0.1, 0.15) is 36.1 Å². The number of ether oxygens (including phenoxy) is 2. The standard InChI is InChI=1S/C22H27NO3/c1-15-6-8-18(9-7-15)22(2,3)21(24)23-11-10-16-12-19(25-4)20(26-5)13-17(16)14-23/h6-9,12-13H,10-11,14H2,1-5H3. The van der Waals surface area contributed by atoms with Crippen molar-refractivity contribution in [3.63, 3.8) is 0 Å². The summed E-state index contributed by atoms with van der Waals surface area (Å²) >= 11 is 0. The number of aryl methyl sites for hydroxylation is 1. The Labute approximate surface area is 155 Å². The Balaban J connectivity index is 1.85. The molecule has 0 unspecified atom stereocenters. The van der Waals surface area contributed by atoms with Gasteiger partial charge in [0, 0.05) is 13.1 Å². The summed E-state index contributed by atoms with van der Waals surface area (Å²) in [5.41, 5.74) is 4.04. The normalized spacial score (nSPS) is 14.0. The maximum atomic E-state index is 13.3. The van der Waals surface area contributed by atoms with Crippen LogP contribution < -0.4 is 9.47 Å². The van der Waals surface area contributed by atoms with Gasteiger partial charge in [0.25, 0.3) is 0 Å². The number of rotatable bonds is 4. The van der Waals surface area contributed by atoms with E-state index in [0.717, 1.165) is 29.8 Å². The molecular formula is C22H27NO3. The van der Waals surface area contributed by atoms with E-state index >= 15 is 0 Å². The molecule has 0 aromatic heterocycles. The average Bonchev–Trinajstić information content (AvgIpc) is 2.66. The number of methoxy groups -OCH3 is 2. The SMILES string of the molecule is COc1cc2c(cc1OC)CN(C(=O)C(C)(C)c1ccc(C)cc1)CC2. The highest BCUT2D eigenvalue weighted by atomic mass is 16.5. The van der Waals surface area contributed by atoms with E-state index in [9.17, 15) is 4.79 Å². The minimum atomic E-state index is -0.554. The fourth-order valence-corrected chi connectivity index (χ4v) is 3.55. The second-order valence-corrected chi connectivity index (χ2v) is 7.44. The Morgan fingerprint density at radius 3 is 2.15 bits per heavy atom. The van der Waals surface area contributed by atoms with Crippen LogP contribution in [-0.4, -0.2) is 31.6 Å². The lowest BCUT2D eigenvalue weighted by Crippen LogP contribution is -2.45. The zero-order valence-corrected chi connectivity index (χ0v) is 16.3. The van der Waals surface area contributed by atoms with Gasteiger partial charge in [0.2, 0.25) is 5.91 Å². The molecule has 0 saturated carbocycles. The maximum absolute atomic E-state index is 13.3. The molecule has 0 fully saturated rings. The zero-order chi connectivity index (χ0) is 18.9. The third-order valence-electron chi connectivity index (χ3n) is 5.31. The Bertz CT molecular complexity index is 809. The molecule has 0 saturated heterocycles. The van der Waals surface area contributed by atoms with Gasteiger partial charge in [-0.3, -0.25) is 4.79 Å². The van der Waals surface area contributed by atoms with Crippen molar-refractivity contribution in [3.8, 4) is 11.5 Å². The number of amides is 1. The lowest BCUT2D eigenvalue weighted by Gasteiger charge is -2.36. The van der Waals surface area contributed by atoms with Crippen LogP contribution in [-0.2, 0) is 23.2 Å². The highest BCUT2D eigenvalue weighted by Crippen LogP contribution is 2.35. The van der Waals surface area contributed by atoms with Gasteiger partial charge in [-0.05, 0) is 56.0 Å². The molecule has 0 atom stereocenters. The van der Waals surface area contributed by atoms with Gasteiger partial charge in [-0.2, -0.15) is 0 Å². The predicted octanol–water partition coefficient (Wildman–Crippen LogP) is 3.87. The molecule has 1 aliphatic rings. The lowest BCUT2D eigenvalue weighted by atomic mass is 9.82. The van der Waals surface area contributed by atoms with E-state index < -0.39 is 5.41 Å². The maximum Gasteiger partial charge on any atom is 0.232 e. The van der Waals surface area contributed by atoms with Crippen LogP contribution in [0.5, 0.6) is 11.5 Å². The molecule has 0 N–H and O–H groups in total. The average molecular weight is 353 g/mol. The van der Waals surface area contributed by atoms with Gasteiger partial charge in [0.05, 0.1) is 19.6 Å². The summed E-state index contributed by atoms with van der Waals surface area (Å²) in [6, 6.07) is 12.3. The molecule has 0 aliphatic carbocycles. The van der Waals surface area contributed by atoms with Crippen LogP contribution in [0.2, 0.25) is 0 Å². The summed E-state index contributed by atoms with van der Waals surface area (Å²) < 4.78 is 10.8. The molecule has 26 heavy (non-hydrogen) atoms. The first kappa shape index (κ1) is 18.3. The van der Waals surface area contributed by atoms with Gasteiger partial charge in [-0.15, -0.1) is 0 Å². The van der Waals surface area contributed by atoms with Crippen molar-refractivity contribution >= 4 is 5.91 Å². The predicted molar refractivity (Wildman–Crippen MR) is 103 cm³/mol. The smallest absolute Gasteiger partial charge is 0.232 e. The summed E-state index contributed by atoms with van der Waals surface area (Å²) in [5, 5.41) is 0. The summed E-state index contributed by atoms with van der Waals surface area (Å²) in [6.45, 7) is 7.39. The van der Waals surface area contributed by atoms with Crippen LogP contribution >= 0.6 is 0 Å². The van der Waals surface area contributed by atoms with E-state index in [2.05, 4.69) is 31.2 Å². The number of benzene rings is 2. The number of carbonyl (C=O) groups excluding carboxylic acids is 1. The molecule has 4 nitrogen and oxygen atoms in total. The summed E-state index contributed by atoms with van der Waals surface area (Å²) in [5.74, 6) is 1.60. The Morgan fingerprint density at radius 1 is 1.00 bits per heavy atom. The van der Waals surface area contributed by atoms with E-state index in [1.165, 1.54) is 11.1 Å². The first-order valence-electron chi connectivity index (χ1n) is 8.97. The molecule has 1 amide bonds. The summed E-state index contributed by atoms with van der Waals surface area (Å²) in [4.78, 5) is 15.2. The van der Waals surface area contributed by atoms with Crippen molar-refractivity contribution in [2.24, 2.45) is 0 Å². The van der Waals surface area contributed by atoms with Crippen molar-refractivity contribution < 1.29 is 14.3 Å². The third kappa shape index (κ3) is 3.28. The van der Waals surface area contributed by atoms with Gasteiger partial charge in [0.1, 0.15) is 0 Å². The number of hydrogen-bond acceptors (Lipinski definition) is 3. The van der Waals surface area contributed by atoms with Crippen LogP contribution in [0.3, 0.4) is 0 Å². The minimum Gasteiger partial charge on any atom is -0.493 e. The van der Waals surface area contributed by atoms with Crippen LogP contribution in [0.4, 0.5) is 0 Å². The fraction of sp³-hybridized carbons (Fsp3) is 0.409. The van der Waals surface area contributed by atoms with E-state index in [-0.39, 0.29) is 5.91 Å². The van der Waals surface area contributed by atoms with Crippen molar-refractivity contribution in [1.82, 2.24) is 4.90 Å². The Hall–Kier alpha value is -2.49. The number of fused-ring (bicyclic) bond motifs is 1. The topological polar surface area (TPSA) is 38.8 Å². The summed E-state index contributed by atoms with van der Waals surface area (Å²) in [7, 11) is 3.28. The van der Waals surface area contributed by atoms with Gasteiger partial charge in [-0.1, -0.05) is 29.8 Å². The van der Waals surface area contributed by atoms with Crippen molar-refractivity contribution in [3.05, 3.63) is 58.7 Å². The van der Waals surface area contributed by atoms with Gasteiger partial charge in [-0.25, -0.2) is 0 Å².